The number of nitrogens with zero attached hydrogens (tertiary/aromatic N) is 2. The molecule has 1 heterocycles. The molecule has 1 aromatic heterocycles. The minimum atomic E-state index is 0.701. The zero-order valence-corrected chi connectivity index (χ0v) is 12.6. The normalized spacial score (nSPS) is 11.1. The van der Waals surface area contributed by atoms with Crippen LogP contribution >= 0.6 is 23.4 Å². The van der Waals surface area contributed by atoms with E-state index in [1.807, 2.05) is 36.0 Å². The number of nitrogen functional groups attached to an aromatic ring is 1. The van der Waals surface area contributed by atoms with Gasteiger partial charge >= 0.3 is 0 Å². The summed E-state index contributed by atoms with van der Waals surface area (Å²) >= 11 is 7.67. The molecule has 0 bridgehead atoms. The van der Waals surface area contributed by atoms with Crippen LogP contribution in [0.5, 0.6) is 0 Å². The monoisotopic (exact) mass is 303 g/mol. The molecule has 0 unspecified atom stereocenters. The lowest BCUT2D eigenvalue weighted by molar-refractivity contribution is 0.781. The summed E-state index contributed by atoms with van der Waals surface area (Å²) < 4.78 is 1.91. The van der Waals surface area contributed by atoms with Crippen LogP contribution in [0.1, 0.15) is 5.69 Å². The van der Waals surface area contributed by atoms with Gasteiger partial charge in [-0.2, -0.15) is 5.10 Å². The zero-order chi connectivity index (χ0) is 14.1. The Balaban J connectivity index is 1.89. The number of halogens is 1. The SMILES string of the molecule is Cn1nc(CSc2cc(Cl)ccc2N)c2ccccc21. The number of thioether (sulfide) groups is 1. The predicted molar refractivity (Wildman–Crippen MR) is 86.1 cm³/mol. The van der Waals surface area contributed by atoms with Crippen molar-refractivity contribution < 1.29 is 0 Å². The molecule has 2 aromatic carbocycles. The minimum absolute atomic E-state index is 0.701. The summed E-state index contributed by atoms with van der Waals surface area (Å²) in [6.07, 6.45) is 0. The van der Waals surface area contributed by atoms with Crippen molar-refractivity contribution in [2.24, 2.45) is 7.05 Å². The van der Waals surface area contributed by atoms with E-state index < -0.39 is 0 Å². The first-order valence-electron chi connectivity index (χ1n) is 6.23. The van der Waals surface area contributed by atoms with E-state index in [9.17, 15) is 0 Å². The number of hydrogen-bond acceptors (Lipinski definition) is 3. The highest BCUT2D eigenvalue weighted by Crippen LogP contribution is 2.32. The van der Waals surface area contributed by atoms with Gasteiger partial charge in [0.05, 0.1) is 11.2 Å². The quantitative estimate of drug-likeness (QED) is 0.585. The molecular weight excluding hydrogens is 290 g/mol. The molecule has 3 rings (SSSR count). The van der Waals surface area contributed by atoms with Gasteiger partial charge in [-0.3, -0.25) is 4.68 Å². The second-order valence-corrected chi connectivity index (χ2v) is 6.01. The van der Waals surface area contributed by atoms with E-state index in [0.717, 1.165) is 27.5 Å². The van der Waals surface area contributed by atoms with Gasteiger partial charge in [0.15, 0.2) is 0 Å². The number of para-hydroxylation sites is 1. The van der Waals surface area contributed by atoms with Crippen LogP contribution in [0.15, 0.2) is 47.4 Å². The summed E-state index contributed by atoms with van der Waals surface area (Å²) in [6.45, 7) is 0. The van der Waals surface area contributed by atoms with Crippen molar-refractivity contribution in [3.8, 4) is 0 Å². The Morgan fingerprint density at radius 2 is 2.05 bits per heavy atom. The molecule has 0 saturated carbocycles. The van der Waals surface area contributed by atoms with Crippen LogP contribution in [0.4, 0.5) is 5.69 Å². The molecule has 0 atom stereocenters. The van der Waals surface area contributed by atoms with Crippen LogP contribution in [0.2, 0.25) is 5.02 Å². The third kappa shape index (κ3) is 2.49. The molecule has 0 fully saturated rings. The second-order valence-electron chi connectivity index (χ2n) is 4.56. The van der Waals surface area contributed by atoms with Gasteiger partial charge in [-0.1, -0.05) is 29.8 Å². The van der Waals surface area contributed by atoms with E-state index in [1.165, 1.54) is 5.39 Å². The number of fused-ring (bicyclic) bond motifs is 1. The van der Waals surface area contributed by atoms with Crippen LogP contribution in [0, 0.1) is 0 Å². The van der Waals surface area contributed by atoms with Gasteiger partial charge in [0.2, 0.25) is 0 Å². The van der Waals surface area contributed by atoms with Gasteiger partial charge in [-0.05, 0) is 24.3 Å². The number of nitrogens with two attached hydrogens (primary N) is 1. The summed E-state index contributed by atoms with van der Waals surface area (Å²) in [4.78, 5) is 0.993. The molecule has 102 valence electrons. The maximum atomic E-state index is 6.01. The van der Waals surface area contributed by atoms with E-state index in [-0.39, 0.29) is 0 Å². The number of aromatic nitrogens is 2. The van der Waals surface area contributed by atoms with Gasteiger partial charge in [-0.15, -0.1) is 11.8 Å². The topological polar surface area (TPSA) is 43.8 Å². The van der Waals surface area contributed by atoms with Crippen molar-refractivity contribution in [3.05, 3.63) is 53.2 Å². The summed E-state index contributed by atoms with van der Waals surface area (Å²) in [7, 11) is 1.96. The number of aryl methyl sites for hydroxylation is 1. The van der Waals surface area contributed by atoms with Crippen molar-refractivity contribution in [2.45, 2.75) is 10.6 Å². The Morgan fingerprint density at radius 3 is 2.90 bits per heavy atom. The van der Waals surface area contributed by atoms with E-state index in [1.54, 1.807) is 17.8 Å². The fourth-order valence-electron chi connectivity index (χ4n) is 2.17. The fraction of sp³-hybridized carbons (Fsp3) is 0.133. The van der Waals surface area contributed by atoms with Gasteiger partial charge in [0.25, 0.3) is 0 Å². The van der Waals surface area contributed by atoms with Crippen LogP contribution < -0.4 is 5.73 Å². The standard InChI is InChI=1S/C15H14ClN3S/c1-19-14-5-3-2-4-11(14)13(18-19)9-20-15-8-10(16)6-7-12(15)17/h2-8H,9,17H2,1H3. The molecule has 0 aliphatic carbocycles. The molecular formula is C15H14ClN3S. The van der Waals surface area contributed by atoms with E-state index >= 15 is 0 Å². The van der Waals surface area contributed by atoms with Crippen molar-refractivity contribution in [1.82, 2.24) is 9.78 Å². The largest absolute Gasteiger partial charge is 0.398 e. The Morgan fingerprint density at radius 1 is 1.25 bits per heavy atom. The second kappa shape index (κ2) is 5.38. The van der Waals surface area contributed by atoms with Crippen LogP contribution in [-0.2, 0) is 12.8 Å². The highest BCUT2D eigenvalue weighted by atomic mass is 35.5. The maximum absolute atomic E-state index is 6.01. The molecule has 5 heteroatoms. The first-order valence-corrected chi connectivity index (χ1v) is 7.60. The van der Waals surface area contributed by atoms with Gasteiger partial charge < -0.3 is 5.73 Å². The highest BCUT2D eigenvalue weighted by molar-refractivity contribution is 7.98. The Bertz CT molecular complexity index is 767. The van der Waals surface area contributed by atoms with Crippen molar-refractivity contribution in [1.29, 1.82) is 0 Å². The van der Waals surface area contributed by atoms with Crippen LogP contribution in [-0.4, -0.2) is 9.78 Å². The number of hydrogen-bond donors (Lipinski definition) is 1. The third-order valence-electron chi connectivity index (χ3n) is 3.17. The number of rotatable bonds is 3. The average molecular weight is 304 g/mol. The summed E-state index contributed by atoms with van der Waals surface area (Å²) in [5.41, 5.74) is 8.92. The minimum Gasteiger partial charge on any atom is -0.398 e. The van der Waals surface area contributed by atoms with Gasteiger partial charge in [0.1, 0.15) is 0 Å². The molecule has 0 saturated heterocycles. The molecule has 0 radical (unpaired) electrons. The smallest absolute Gasteiger partial charge is 0.0805 e. The lowest BCUT2D eigenvalue weighted by Crippen LogP contribution is -1.92. The number of anilines is 1. The Kier molecular flexibility index (Phi) is 3.59. The Hall–Kier alpha value is -1.65. The highest BCUT2D eigenvalue weighted by Gasteiger charge is 2.09. The molecule has 0 aliphatic rings. The molecule has 2 N–H and O–H groups in total. The first kappa shape index (κ1) is 13.3. The van der Waals surface area contributed by atoms with Crippen molar-refractivity contribution in [2.75, 3.05) is 5.73 Å². The first-order chi connectivity index (χ1) is 9.65. The van der Waals surface area contributed by atoms with Crippen LogP contribution in [0.25, 0.3) is 10.9 Å². The summed E-state index contributed by atoms with van der Waals surface area (Å²) in [5, 5.41) is 6.46. The fourth-order valence-corrected chi connectivity index (χ4v) is 3.36. The molecule has 3 aromatic rings. The van der Waals surface area contributed by atoms with Gasteiger partial charge in [0, 0.05) is 33.8 Å². The molecule has 0 spiro atoms. The molecule has 0 aliphatic heterocycles. The molecule has 20 heavy (non-hydrogen) atoms. The Labute approximate surface area is 126 Å². The van der Waals surface area contributed by atoms with E-state index in [4.69, 9.17) is 17.3 Å². The van der Waals surface area contributed by atoms with Crippen LogP contribution in [0.3, 0.4) is 0 Å². The van der Waals surface area contributed by atoms with Gasteiger partial charge in [-0.25, -0.2) is 0 Å². The average Bonchev–Trinajstić information content (AvgIpc) is 2.77. The third-order valence-corrected chi connectivity index (χ3v) is 4.49. The van der Waals surface area contributed by atoms with Crippen molar-refractivity contribution >= 4 is 40.0 Å². The van der Waals surface area contributed by atoms with E-state index in [2.05, 4.69) is 17.2 Å². The van der Waals surface area contributed by atoms with Crippen molar-refractivity contribution in [3.63, 3.8) is 0 Å². The lowest BCUT2D eigenvalue weighted by atomic mass is 10.2. The predicted octanol–water partition coefficient (Wildman–Crippen LogP) is 4.10. The molecule has 0 amide bonds. The summed E-state index contributed by atoms with van der Waals surface area (Å²) in [5.74, 6) is 0.770. The summed E-state index contributed by atoms with van der Waals surface area (Å²) in [6, 6.07) is 13.8. The lowest BCUT2D eigenvalue weighted by Gasteiger charge is -2.04. The van der Waals surface area contributed by atoms with E-state index in [0.29, 0.717) is 5.02 Å². The molecule has 3 nitrogen and oxygen atoms in total. The maximum Gasteiger partial charge on any atom is 0.0805 e. The number of benzene rings is 2. The zero-order valence-electron chi connectivity index (χ0n) is 11.0.